The molecule has 9 heteroatoms. The van der Waals surface area contributed by atoms with Crippen molar-refractivity contribution >= 4 is 12.0 Å². The molecule has 174 valence electrons. The molecule has 0 fully saturated rings. The summed E-state index contributed by atoms with van der Waals surface area (Å²) in [5.74, 6) is 0.824. The number of hydrogen-bond donors (Lipinski definition) is 0. The van der Waals surface area contributed by atoms with Gasteiger partial charge in [-0.15, -0.1) is 0 Å². The zero-order chi connectivity index (χ0) is 24.0. The quantitative estimate of drug-likeness (QED) is 0.319. The summed E-state index contributed by atoms with van der Waals surface area (Å²) in [4.78, 5) is 12.0. The third kappa shape index (κ3) is 6.15. The highest BCUT2D eigenvalue weighted by molar-refractivity contribution is 5.87. The van der Waals surface area contributed by atoms with Gasteiger partial charge in [0, 0.05) is 11.6 Å². The lowest BCUT2D eigenvalue weighted by Crippen LogP contribution is -2.11. The Morgan fingerprint density at radius 2 is 1.85 bits per heavy atom. The molecule has 0 spiro atoms. The number of nitrogens with zero attached hydrogens (tertiary/aromatic N) is 1. The van der Waals surface area contributed by atoms with Crippen molar-refractivity contribution in [2.75, 3.05) is 7.11 Å². The van der Waals surface area contributed by atoms with E-state index in [0.717, 1.165) is 23.4 Å². The first-order valence-electron chi connectivity index (χ1n) is 9.91. The summed E-state index contributed by atoms with van der Waals surface area (Å²) in [6, 6.07) is 9.99. The Kier molecular flexibility index (Phi) is 7.42. The molecule has 2 aromatic carbocycles. The highest BCUT2D eigenvalue weighted by atomic mass is 19.4. The van der Waals surface area contributed by atoms with Gasteiger partial charge in [-0.1, -0.05) is 29.4 Å². The molecule has 0 N–H and O–H groups in total. The zero-order valence-corrected chi connectivity index (χ0v) is 18.2. The Balaban J connectivity index is 1.62. The van der Waals surface area contributed by atoms with Crippen LogP contribution >= 0.6 is 0 Å². The van der Waals surface area contributed by atoms with Gasteiger partial charge in [-0.05, 0) is 43.7 Å². The van der Waals surface area contributed by atoms with Gasteiger partial charge in [0.2, 0.25) is 0 Å². The third-order valence-corrected chi connectivity index (χ3v) is 4.85. The molecule has 0 radical (unpaired) electrons. The molecule has 3 rings (SSSR count). The van der Waals surface area contributed by atoms with Crippen LogP contribution in [0.2, 0.25) is 0 Å². The first-order chi connectivity index (χ1) is 15.7. The minimum atomic E-state index is -4.52. The fourth-order valence-corrected chi connectivity index (χ4v) is 3.05. The first-order valence-corrected chi connectivity index (χ1v) is 9.91. The molecular weight excluding hydrogens is 439 g/mol. The summed E-state index contributed by atoms with van der Waals surface area (Å²) in [6.07, 6.45) is -1.92. The van der Waals surface area contributed by atoms with Crippen LogP contribution in [-0.2, 0) is 28.9 Å². The predicted octanol–water partition coefficient (Wildman–Crippen LogP) is 5.65. The summed E-state index contributed by atoms with van der Waals surface area (Å²) in [6.45, 7) is 3.38. The van der Waals surface area contributed by atoms with E-state index in [4.69, 9.17) is 18.7 Å². The Morgan fingerprint density at radius 1 is 1.09 bits per heavy atom. The number of carbonyl (C=O) groups excluding carboxylic acids is 1. The van der Waals surface area contributed by atoms with Gasteiger partial charge < -0.3 is 18.7 Å². The molecule has 0 aliphatic heterocycles. The summed E-state index contributed by atoms with van der Waals surface area (Å²) in [5.41, 5.74) is 1.24. The van der Waals surface area contributed by atoms with E-state index in [1.807, 2.05) is 6.92 Å². The molecule has 0 saturated carbocycles. The number of aryl methyl sites for hydroxylation is 2. The van der Waals surface area contributed by atoms with Crippen LogP contribution in [-0.4, -0.2) is 18.2 Å². The number of hydrogen-bond acceptors (Lipinski definition) is 6. The smallest absolute Gasteiger partial charge is 0.416 e. The highest BCUT2D eigenvalue weighted by Gasteiger charge is 2.33. The maximum atomic E-state index is 13.0. The lowest BCUT2D eigenvalue weighted by atomic mass is 10.1. The van der Waals surface area contributed by atoms with E-state index in [0.29, 0.717) is 22.8 Å². The molecule has 0 bridgehead atoms. The zero-order valence-electron chi connectivity index (χ0n) is 18.2. The Morgan fingerprint density at radius 3 is 2.52 bits per heavy atom. The van der Waals surface area contributed by atoms with Crippen molar-refractivity contribution in [2.45, 2.75) is 33.2 Å². The Hall–Kier alpha value is -3.75. The van der Waals surface area contributed by atoms with Gasteiger partial charge in [-0.25, -0.2) is 4.79 Å². The van der Waals surface area contributed by atoms with Crippen molar-refractivity contribution in [1.29, 1.82) is 0 Å². The van der Waals surface area contributed by atoms with E-state index in [1.165, 1.54) is 31.4 Å². The Labute approximate surface area is 188 Å². The van der Waals surface area contributed by atoms with Crippen LogP contribution in [0.1, 0.15) is 33.7 Å². The van der Waals surface area contributed by atoms with Gasteiger partial charge in [-0.2, -0.15) is 13.2 Å². The van der Waals surface area contributed by atoms with Crippen LogP contribution in [0, 0.1) is 13.8 Å². The van der Waals surface area contributed by atoms with E-state index < -0.39 is 24.3 Å². The standard InChI is InChI=1S/C24H22F3NO5/c1-15-19(16(2)33-28-15)14-31-21-10-8-17(12-22(21)30-3)9-11-23(29)32-13-18-6-4-5-7-20(18)24(25,26)27/h4-12H,13-14H2,1-3H3/b11-9+. The fraction of sp³-hybridized carbons (Fsp3) is 0.250. The van der Waals surface area contributed by atoms with Gasteiger partial charge in [0.25, 0.3) is 0 Å². The molecule has 0 aliphatic rings. The van der Waals surface area contributed by atoms with Crippen molar-refractivity contribution in [3.05, 3.63) is 82.2 Å². The molecule has 6 nitrogen and oxygen atoms in total. The van der Waals surface area contributed by atoms with Crippen LogP contribution in [0.4, 0.5) is 13.2 Å². The van der Waals surface area contributed by atoms with Crippen LogP contribution in [0.15, 0.2) is 53.1 Å². The molecule has 0 unspecified atom stereocenters. The lowest BCUT2D eigenvalue weighted by molar-refractivity contribution is -0.143. The summed E-state index contributed by atoms with van der Waals surface area (Å²) in [7, 11) is 1.48. The summed E-state index contributed by atoms with van der Waals surface area (Å²) >= 11 is 0. The Bertz CT molecular complexity index is 1130. The number of rotatable bonds is 8. The van der Waals surface area contributed by atoms with E-state index in [9.17, 15) is 18.0 Å². The molecule has 33 heavy (non-hydrogen) atoms. The van der Waals surface area contributed by atoms with E-state index >= 15 is 0 Å². The summed E-state index contributed by atoms with van der Waals surface area (Å²) in [5, 5.41) is 3.88. The predicted molar refractivity (Wildman–Crippen MR) is 114 cm³/mol. The number of carbonyl (C=O) groups is 1. The van der Waals surface area contributed by atoms with Crippen LogP contribution in [0.3, 0.4) is 0 Å². The number of alkyl halides is 3. The monoisotopic (exact) mass is 461 g/mol. The molecule has 0 amide bonds. The molecule has 0 saturated heterocycles. The van der Waals surface area contributed by atoms with E-state index in [1.54, 1.807) is 25.1 Å². The van der Waals surface area contributed by atoms with Crippen LogP contribution in [0.5, 0.6) is 11.5 Å². The second-order valence-corrected chi connectivity index (χ2v) is 7.10. The fourth-order valence-electron chi connectivity index (χ4n) is 3.05. The van der Waals surface area contributed by atoms with Crippen LogP contribution < -0.4 is 9.47 Å². The lowest BCUT2D eigenvalue weighted by Gasteiger charge is -2.12. The minimum absolute atomic E-state index is 0.117. The number of methoxy groups -OCH3 is 1. The van der Waals surface area contributed by atoms with Gasteiger partial charge in [-0.3, -0.25) is 0 Å². The number of ether oxygens (including phenoxy) is 3. The first kappa shape index (κ1) is 23.9. The largest absolute Gasteiger partial charge is 0.493 e. The molecule has 0 atom stereocenters. The number of benzene rings is 2. The van der Waals surface area contributed by atoms with E-state index in [-0.39, 0.29) is 12.2 Å². The maximum Gasteiger partial charge on any atom is 0.416 e. The maximum absolute atomic E-state index is 13.0. The second kappa shape index (κ2) is 10.2. The molecule has 1 heterocycles. The molecular formula is C24H22F3NO5. The van der Waals surface area contributed by atoms with Crippen molar-refractivity contribution in [1.82, 2.24) is 5.16 Å². The number of halogens is 3. The number of esters is 1. The molecule has 3 aromatic rings. The summed E-state index contributed by atoms with van der Waals surface area (Å²) < 4.78 is 60.4. The molecule has 0 aliphatic carbocycles. The second-order valence-electron chi connectivity index (χ2n) is 7.10. The average molecular weight is 461 g/mol. The highest BCUT2D eigenvalue weighted by Crippen LogP contribution is 2.32. The minimum Gasteiger partial charge on any atom is -0.493 e. The van der Waals surface area contributed by atoms with Crippen LogP contribution in [0.25, 0.3) is 6.08 Å². The number of aromatic nitrogens is 1. The molecule has 1 aromatic heterocycles. The van der Waals surface area contributed by atoms with Gasteiger partial charge in [0.1, 0.15) is 19.0 Å². The van der Waals surface area contributed by atoms with Crippen molar-refractivity contribution in [2.24, 2.45) is 0 Å². The van der Waals surface area contributed by atoms with Gasteiger partial charge in [0.05, 0.1) is 23.9 Å². The van der Waals surface area contributed by atoms with E-state index in [2.05, 4.69) is 5.16 Å². The van der Waals surface area contributed by atoms with Crippen molar-refractivity contribution < 1.29 is 36.7 Å². The van der Waals surface area contributed by atoms with Crippen molar-refractivity contribution in [3.63, 3.8) is 0 Å². The third-order valence-electron chi connectivity index (χ3n) is 4.85. The van der Waals surface area contributed by atoms with Gasteiger partial charge in [0.15, 0.2) is 11.5 Å². The topological polar surface area (TPSA) is 70.8 Å². The normalized spacial score (nSPS) is 11.6. The average Bonchev–Trinajstić information content (AvgIpc) is 3.11. The van der Waals surface area contributed by atoms with Crippen molar-refractivity contribution in [3.8, 4) is 11.5 Å². The SMILES string of the molecule is COc1cc(/C=C/C(=O)OCc2ccccc2C(F)(F)F)ccc1OCc1c(C)noc1C. The van der Waals surface area contributed by atoms with Gasteiger partial charge >= 0.3 is 12.1 Å².